The maximum atomic E-state index is 10.5. The normalized spacial score (nSPS) is 15.4. The highest BCUT2D eigenvalue weighted by atomic mass is 35.5. The second kappa shape index (κ2) is 5.67. The van der Waals surface area contributed by atoms with Gasteiger partial charge in [0.05, 0.1) is 4.92 Å². The number of halogens is 1. The van der Waals surface area contributed by atoms with E-state index < -0.39 is 0 Å². The van der Waals surface area contributed by atoms with E-state index in [2.05, 4.69) is 10.2 Å². The van der Waals surface area contributed by atoms with Crippen LogP contribution in [0.4, 0.5) is 11.4 Å². The number of nitrogens with zero attached hydrogens (tertiary/aromatic N) is 2. The molecule has 1 aromatic rings. The molecule has 0 saturated carbocycles. The van der Waals surface area contributed by atoms with Crippen LogP contribution in [0.3, 0.4) is 0 Å². The molecular weight excluding hydrogens is 230 g/mol. The molecule has 1 fully saturated rings. The predicted molar refractivity (Wildman–Crippen MR) is 65.4 cm³/mol. The summed E-state index contributed by atoms with van der Waals surface area (Å²) in [6.07, 6.45) is 0. The molecule has 88 valence electrons. The summed E-state index contributed by atoms with van der Waals surface area (Å²) in [5.74, 6) is 0. The van der Waals surface area contributed by atoms with E-state index in [1.54, 1.807) is 12.1 Å². The van der Waals surface area contributed by atoms with E-state index in [1.807, 2.05) is 12.1 Å². The minimum atomic E-state index is -0.373. The molecule has 1 saturated heterocycles. The lowest BCUT2D eigenvalue weighted by atomic mass is 10.2. The lowest BCUT2D eigenvalue weighted by molar-refractivity contribution is -0.384. The molecule has 1 heterocycles. The topological polar surface area (TPSA) is 58.4 Å². The van der Waals surface area contributed by atoms with E-state index in [-0.39, 0.29) is 23.0 Å². The molecule has 0 radical (unpaired) electrons. The van der Waals surface area contributed by atoms with Crippen LogP contribution in [0.25, 0.3) is 0 Å². The SMILES string of the molecule is Cl.O=[N+]([O-])c1ccc(N2CCNCC2)cc1. The van der Waals surface area contributed by atoms with Crippen LogP contribution >= 0.6 is 12.4 Å². The van der Waals surface area contributed by atoms with Crippen molar-refractivity contribution in [3.05, 3.63) is 34.4 Å². The standard InChI is InChI=1S/C10H13N3O2.ClH/c14-13(15)10-3-1-9(2-4-10)12-7-5-11-6-8-12;/h1-4,11H,5-8H2;1H. The Balaban J connectivity index is 0.00000128. The van der Waals surface area contributed by atoms with Crippen LogP contribution in [-0.4, -0.2) is 31.1 Å². The van der Waals surface area contributed by atoms with Crippen LogP contribution in [0.2, 0.25) is 0 Å². The van der Waals surface area contributed by atoms with Gasteiger partial charge in [-0.2, -0.15) is 0 Å². The van der Waals surface area contributed by atoms with E-state index in [0.29, 0.717) is 0 Å². The second-order valence-corrected chi connectivity index (χ2v) is 3.51. The molecule has 1 aliphatic rings. The molecule has 0 bridgehead atoms. The number of hydrogen-bond donors (Lipinski definition) is 1. The molecule has 16 heavy (non-hydrogen) atoms. The quantitative estimate of drug-likeness (QED) is 0.631. The predicted octanol–water partition coefficient (Wildman–Crippen LogP) is 1.43. The lowest BCUT2D eigenvalue weighted by Gasteiger charge is -2.29. The van der Waals surface area contributed by atoms with Gasteiger partial charge in [0.25, 0.3) is 5.69 Å². The maximum absolute atomic E-state index is 10.5. The summed E-state index contributed by atoms with van der Waals surface area (Å²) < 4.78 is 0. The van der Waals surface area contributed by atoms with Crippen molar-refractivity contribution in [3.63, 3.8) is 0 Å². The van der Waals surface area contributed by atoms with Gasteiger partial charge in [-0.05, 0) is 12.1 Å². The minimum Gasteiger partial charge on any atom is -0.369 e. The Bertz CT molecular complexity index is 350. The van der Waals surface area contributed by atoms with E-state index in [4.69, 9.17) is 0 Å². The Labute approximate surface area is 100 Å². The molecule has 0 aliphatic carbocycles. The summed E-state index contributed by atoms with van der Waals surface area (Å²) in [6, 6.07) is 6.72. The van der Waals surface area contributed by atoms with Crippen molar-refractivity contribution in [2.24, 2.45) is 0 Å². The molecule has 0 atom stereocenters. The summed E-state index contributed by atoms with van der Waals surface area (Å²) in [6.45, 7) is 3.85. The van der Waals surface area contributed by atoms with Crippen molar-refractivity contribution in [1.82, 2.24) is 5.32 Å². The Morgan fingerprint density at radius 1 is 1.19 bits per heavy atom. The number of non-ortho nitro benzene ring substituents is 1. The number of benzene rings is 1. The van der Waals surface area contributed by atoms with E-state index in [9.17, 15) is 10.1 Å². The van der Waals surface area contributed by atoms with Gasteiger partial charge >= 0.3 is 0 Å². The van der Waals surface area contributed by atoms with Crippen LogP contribution in [0.5, 0.6) is 0 Å². The smallest absolute Gasteiger partial charge is 0.269 e. The number of piperazine rings is 1. The zero-order valence-corrected chi connectivity index (χ0v) is 9.57. The highest BCUT2D eigenvalue weighted by Gasteiger charge is 2.11. The van der Waals surface area contributed by atoms with E-state index in [1.165, 1.54) is 0 Å². The first-order valence-corrected chi connectivity index (χ1v) is 4.97. The van der Waals surface area contributed by atoms with Crippen LogP contribution in [0.15, 0.2) is 24.3 Å². The van der Waals surface area contributed by atoms with Gasteiger partial charge in [-0.1, -0.05) is 0 Å². The van der Waals surface area contributed by atoms with Gasteiger partial charge in [-0.25, -0.2) is 0 Å². The molecule has 0 spiro atoms. The average molecular weight is 244 g/mol. The molecule has 1 aliphatic heterocycles. The Morgan fingerprint density at radius 3 is 2.25 bits per heavy atom. The summed E-state index contributed by atoms with van der Waals surface area (Å²) in [5, 5.41) is 13.7. The number of rotatable bonds is 2. The summed E-state index contributed by atoms with van der Waals surface area (Å²) in [4.78, 5) is 12.3. The first-order chi connectivity index (χ1) is 7.27. The van der Waals surface area contributed by atoms with Gasteiger partial charge in [-0.3, -0.25) is 10.1 Å². The molecule has 2 rings (SSSR count). The minimum absolute atomic E-state index is 0. The van der Waals surface area contributed by atoms with Gasteiger partial charge in [-0.15, -0.1) is 12.4 Å². The molecule has 6 heteroatoms. The first-order valence-electron chi connectivity index (χ1n) is 4.97. The van der Waals surface area contributed by atoms with Crippen molar-refractivity contribution in [2.45, 2.75) is 0 Å². The molecule has 0 unspecified atom stereocenters. The summed E-state index contributed by atoms with van der Waals surface area (Å²) >= 11 is 0. The number of anilines is 1. The highest BCUT2D eigenvalue weighted by molar-refractivity contribution is 5.85. The van der Waals surface area contributed by atoms with Gasteiger partial charge < -0.3 is 10.2 Å². The Morgan fingerprint density at radius 2 is 1.75 bits per heavy atom. The van der Waals surface area contributed by atoms with Crippen molar-refractivity contribution >= 4 is 23.8 Å². The van der Waals surface area contributed by atoms with Crippen LogP contribution in [0.1, 0.15) is 0 Å². The highest BCUT2D eigenvalue weighted by Crippen LogP contribution is 2.19. The average Bonchev–Trinajstić information content (AvgIpc) is 2.30. The maximum Gasteiger partial charge on any atom is 0.269 e. The molecule has 1 N–H and O–H groups in total. The fourth-order valence-electron chi connectivity index (χ4n) is 1.71. The van der Waals surface area contributed by atoms with E-state index in [0.717, 1.165) is 31.9 Å². The fraction of sp³-hybridized carbons (Fsp3) is 0.400. The van der Waals surface area contributed by atoms with Crippen molar-refractivity contribution < 1.29 is 4.92 Å². The van der Waals surface area contributed by atoms with Gasteiger partial charge in [0.2, 0.25) is 0 Å². The van der Waals surface area contributed by atoms with Crippen molar-refractivity contribution in [1.29, 1.82) is 0 Å². The third-order valence-electron chi connectivity index (χ3n) is 2.54. The lowest BCUT2D eigenvalue weighted by Crippen LogP contribution is -2.43. The number of nitro benzene ring substituents is 1. The van der Waals surface area contributed by atoms with Crippen molar-refractivity contribution in [2.75, 3.05) is 31.1 Å². The number of hydrogen-bond acceptors (Lipinski definition) is 4. The van der Waals surface area contributed by atoms with Crippen LogP contribution in [-0.2, 0) is 0 Å². The molecule has 0 aromatic heterocycles. The van der Waals surface area contributed by atoms with Crippen LogP contribution in [0, 0.1) is 10.1 Å². The molecule has 1 aromatic carbocycles. The largest absolute Gasteiger partial charge is 0.369 e. The molecular formula is C10H14ClN3O2. The van der Waals surface area contributed by atoms with E-state index >= 15 is 0 Å². The molecule has 0 amide bonds. The summed E-state index contributed by atoms with van der Waals surface area (Å²) in [7, 11) is 0. The first kappa shape index (κ1) is 12.7. The fourth-order valence-corrected chi connectivity index (χ4v) is 1.71. The Kier molecular flexibility index (Phi) is 4.52. The summed E-state index contributed by atoms with van der Waals surface area (Å²) in [5.41, 5.74) is 1.20. The van der Waals surface area contributed by atoms with Crippen LogP contribution < -0.4 is 10.2 Å². The number of nitro groups is 1. The van der Waals surface area contributed by atoms with Gasteiger partial charge in [0.1, 0.15) is 0 Å². The van der Waals surface area contributed by atoms with Gasteiger partial charge in [0, 0.05) is 44.0 Å². The monoisotopic (exact) mass is 243 g/mol. The second-order valence-electron chi connectivity index (χ2n) is 3.51. The zero-order chi connectivity index (χ0) is 10.7. The third kappa shape index (κ3) is 2.84. The Hall–Kier alpha value is -1.33. The zero-order valence-electron chi connectivity index (χ0n) is 8.76. The molecule has 5 nitrogen and oxygen atoms in total. The third-order valence-corrected chi connectivity index (χ3v) is 2.54. The van der Waals surface area contributed by atoms with Crippen molar-refractivity contribution in [3.8, 4) is 0 Å². The van der Waals surface area contributed by atoms with Gasteiger partial charge in [0.15, 0.2) is 0 Å². The number of nitrogens with one attached hydrogen (secondary N) is 1.